The summed E-state index contributed by atoms with van der Waals surface area (Å²) < 4.78 is 11.3. The van der Waals surface area contributed by atoms with Gasteiger partial charge in [0.2, 0.25) is 11.8 Å². The summed E-state index contributed by atoms with van der Waals surface area (Å²) in [4.78, 5) is 20.2. The van der Waals surface area contributed by atoms with Crippen LogP contribution >= 0.6 is 0 Å². The third-order valence-corrected chi connectivity index (χ3v) is 3.94. The van der Waals surface area contributed by atoms with Crippen LogP contribution in [0.2, 0.25) is 0 Å². The number of hydrogen-bond donors (Lipinski definition) is 1. The number of hydrogen-bond acceptors (Lipinski definition) is 5. The molecule has 0 bridgehead atoms. The summed E-state index contributed by atoms with van der Waals surface area (Å²) in [7, 11) is 0. The number of aryl methyl sites for hydroxylation is 1. The Balaban J connectivity index is 1.39. The van der Waals surface area contributed by atoms with Gasteiger partial charge in [0.1, 0.15) is 11.5 Å². The van der Waals surface area contributed by atoms with Crippen LogP contribution in [0.15, 0.2) is 67.1 Å². The van der Waals surface area contributed by atoms with E-state index in [0.29, 0.717) is 30.3 Å². The number of ether oxygens (including phenoxy) is 2. The first-order valence-corrected chi connectivity index (χ1v) is 9.22. The van der Waals surface area contributed by atoms with Crippen molar-refractivity contribution in [1.29, 1.82) is 0 Å². The largest absolute Gasteiger partial charge is 0.494 e. The highest BCUT2D eigenvalue weighted by atomic mass is 16.5. The molecule has 1 heterocycles. The second-order valence-corrected chi connectivity index (χ2v) is 6.34. The van der Waals surface area contributed by atoms with Crippen molar-refractivity contribution in [2.45, 2.75) is 26.2 Å². The van der Waals surface area contributed by atoms with Crippen molar-refractivity contribution in [3.05, 3.63) is 72.7 Å². The van der Waals surface area contributed by atoms with Gasteiger partial charge in [0, 0.05) is 30.6 Å². The monoisotopic (exact) mass is 377 g/mol. The van der Waals surface area contributed by atoms with Crippen molar-refractivity contribution in [3.8, 4) is 17.4 Å². The first-order valence-electron chi connectivity index (χ1n) is 9.22. The number of benzene rings is 2. The van der Waals surface area contributed by atoms with E-state index >= 15 is 0 Å². The van der Waals surface area contributed by atoms with E-state index in [-0.39, 0.29) is 5.91 Å². The van der Waals surface area contributed by atoms with E-state index in [1.54, 1.807) is 24.5 Å². The van der Waals surface area contributed by atoms with Gasteiger partial charge in [-0.05, 0) is 49.6 Å². The molecule has 3 aromatic rings. The molecule has 1 amide bonds. The van der Waals surface area contributed by atoms with Crippen molar-refractivity contribution < 1.29 is 14.3 Å². The lowest BCUT2D eigenvalue weighted by atomic mass is 10.2. The summed E-state index contributed by atoms with van der Waals surface area (Å²) in [5.74, 6) is 1.82. The Morgan fingerprint density at radius 2 is 1.89 bits per heavy atom. The van der Waals surface area contributed by atoms with E-state index in [1.165, 1.54) is 11.8 Å². The molecule has 1 aromatic heterocycles. The first kappa shape index (κ1) is 19.4. The van der Waals surface area contributed by atoms with Crippen LogP contribution in [-0.2, 0) is 4.79 Å². The Morgan fingerprint density at radius 1 is 1.04 bits per heavy atom. The van der Waals surface area contributed by atoms with Crippen LogP contribution < -0.4 is 14.8 Å². The van der Waals surface area contributed by atoms with Gasteiger partial charge in [-0.3, -0.25) is 9.78 Å². The van der Waals surface area contributed by atoms with Gasteiger partial charge in [-0.15, -0.1) is 0 Å². The van der Waals surface area contributed by atoms with E-state index in [0.717, 1.165) is 18.6 Å². The van der Waals surface area contributed by atoms with E-state index in [4.69, 9.17) is 9.47 Å². The van der Waals surface area contributed by atoms with Crippen LogP contribution in [0.1, 0.15) is 24.8 Å². The van der Waals surface area contributed by atoms with E-state index in [2.05, 4.69) is 15.3 Å². The van der Waals surface area contributed by atoms with Crippen molar-refractivity contribution >= 4 is 11.6 Å². The molecule has 0 aliphatic carbocycles. The lowest BCUT2D eigenvalue weighted by Gasteiger charge is -2.09. The fourth-order valence-corrected chi connectivity index (χ4v) is 2.60. The maximum absolute atomic E-state index is 12.1. The summed E-state index contributed by atoms with van der Waals surface area (Å²) >= 11 is 0. The lowest BCUT2D eigenvalue weighted by molar-refractivity contribution is -0.116. The number of rotatable bonds is 9. The van der Waals surface area contributed by atoms with Crippen LogP contribution in [0, 0.1) is 6.92 Å². The number of unbranched alkanes of at least 4 members (excludes halogenated alkanes) is 1. The summed E-state index contributed by atoms with van der Waals surface area (Å²) in [6.07, 6.45) is 6.68. The molecule has 6 nitrogen and oxygen atoms in total. The molecular weight excluding hydrogens is 354 g/mol. The number of nitrogens with one attached hydrogen (secondary N) is 1. The van der Waals surface area contributed by atoms with Gasteiger partial charge >= 0.3 is 0 Å². The summed E-state index contributed by atoms with van der Waals surface area (Å²) in [5, 5.41) is 2.89. The van der Waals surface area contributed by atoms with Crippen LogP contribution in [-0.4, -0.2) is 22.5 Å². The predicted molar refractivity (Wildman–Crippen MR) is 108 cm³/mol. The first-order chi connectivity index (χ1) is 13.7. The van der Waals surface area contributed by atoms with Gasteiger partial charge in [-0.1, -0.05) is 18.2 Å². The van der Waals surface area contributed by atoms with E-state index < -0.39 is 0 Å². The maximum Gasteiger partial charge on any atom is 0.237 e. The molecule has 3 rings (SSSR count). The third-order valence-electron chi connectivity index (χ3n) is 3.94. The molecule has 1 N–H and O–H groups in total. The molecule has 0 aliphatic heterocycles. The molecular formula is C22H23N3O3. The lowest BCUT2D eigenvalue weighted by Crippen LogP contribution is -2.11. The van der Waals surface area contributed by atoms with Crippen molar-refractivity contribution in [2.24, 2.45) is 0 Å². The second kappa shape index (κ2) is 10.1. The number of carbonyl (C=O) groups excluding carboxylic acids is 1. The van der Waals surface area contributed by atoms with Gasteiger partial charge in [0.15, 0.2) is 0 Å². The number of amides is 1. The smallest absolute Gasteiger partial charge is 0.237 e. The zero-order chi connectivity index (χ0) is 19.6. The highest BCUT2D eigenvalue weighted by Crippen LogP contribution is 2.22. The zero-order valence-corrected chi connectivity index (χ0v) is 15.8. The Labute approximate surface area is 164 Å². The number of nitrogens with zero attached hydrogens (tertiary/aromatic N) is 2. The van der Waals surface area contributed by atoms with Crippen LogP contribution in [0.5, 0.6) is 17.4 Å². The zero-order valence-electron chi connectivity index (χ0n) is 15.8. The average Bonchev–Trinajstić information content (AvgIpc) is 2.69. The molecule has 0 unspecified atom stereocenters. The Bertz CT molecular complexity index is 900. The van der Waals surface area contributed by atoms with Crippen LogP contribution in [0.25, 0.3) is 0 Å². The van der Waals surface area contributed by atoms with Crippen molar-refractivity contribution in [3.63, 3.8) is 0 Å². The van der Waals surface area contributed by atoms with Crippen molar-refractivity contribution in [1.82, 2.24) is 9.97 Å². The van der Waals surface area contributed by atoms with Gasteiger partial charge in [-0.2, -0.15) is 0 Å². The van der Waals surface area contributed by atoms with Gasteiger partial charge < -0.3 is 14.8 Å². The minimum absolute atomic E-state index is 0.0350. The van der Waals surface area contributed by atoms with Crippen molar-refractivity contribution in [2.75, 3.05) is 11.9 Å². The fraction of sp³-hybridized carbons (Fsp3) is 0.227. The number of aromatic nitrogens is 2. The quantitative estimate of drug-likeness (QED) is 0.544. The maximum atomic E-state index is 12.1. The van der Waals surface area contributed by atoms with Gasteiger partial charge in [0.05, 0.1) is 12.8 Å². The summed E-state index contributed by atoms with van der Waals surface area (Å²) in [6, 6.07) is 15.1. The van der Waals surface area contributed by atoms with E-state index in [9.17, 15) is 4.79 Å². The molecule has 0 spiro atoms. The molecule has 6 heteroatoms. The normalized spacial score (nSPS) is 10.3. The Hall–Kier alpha value is -3.41. The highest BCUT2D eigenvalue weighted by molar-refractivity contribution is 5.90. The molecule has 28 heavy (non-hydrogen) atoms. The Kier molecular flexibility index (Phi) is 6.95. The minimum Gasteiger partial charge on any atom is -0.494 e. The molecule has 0 aliphatic rings. The molecule has 0 radical (unpaired) electrons. The van der Waals surface area contributed by atoms with Gasteiger partial charge in [-0.25, -0.2) is 4.98 Å². The minimum atomic E-state index is -0.0350. The fourth-order valence-electron chi connectivity index (χ4n) is 2.60. The number of anilines is 1. The molecule has 2 aromatic carbocycles. The van der Waals surface area contributed by atoms with Crippen LogP contribution in [0.3, 0.4) is 0 Å². The predicted octanol–water partition coefficient (Wildman–Crippen LogP) is 4.77. The SMILES string of the molecule is Cc1cccc(OCCCCC(=O)Nc2cccc(Oc3cnccn3)c2)c1. The highest BCUT2D eigenvalue weighted by Gasteiger charge is 2.05. The second-order valence-electron chi connectivity index (χ2n) is 6.34. The number of carbonyl (C=O) groups is 1. The molecule has 0 atom stereocenters. The molecule has 0 saturated carbocycles. The Morgan fingerprint density at radius 3 is 2.71 bits per heavy atom. The summed E-state index contributed by atoms with van der Waals surface area (Å²) in [5.41, 5.74) is 1.85. The summed E-state index contributed by atoms with van der Waals surface area (Å²) in [6.45, 7) is 2.63. The molecule has 0 saturated heterocycles. The molecule has 144 valence electrons. The van der Waals surface area contributed by atoms with Crippen LogP contribution in [0.4, 0.5) is 5.69 Å². The van der Waals surface area contributed by atoms with Gasteiger partial charge in [0.25, 0.3) is 0 Å². The average molecular weight is 377 g/mol. The topological polar surface area (TPSA) is 73.3 Å². The standard InChI is InChI=1S/C22H23N3O3/c1-17-6-4-8-19(14-17)27-13-3-2-10-21(26)25-18-7-5-9-20(15-18)28-22-16-23-11-12-24-22/h4-9,11-12,14-16H,2-3,10,13H2,1H3,(H,25,26). The molecule has 0 fully saturated rings. The van der Waals surface area contributed by atoms with E-state index in [1.807, 2.05) is 43.3 Å². The third kappa shape index (κ3) is 6.39.